The molecule has 138 valence electrons. The Hall–Kier alpha value is -1.97. The van der Waals surface area contributed by atoms with E-state index in [4.69, 9.17) is 0 Å². The van der Waals surface area contributed by atoms with E-state index in [9.17, 15) is 18.0 Å². The molecule has 0 aliphatic carbocycles. The zero-order valence-electron chi connectivity index (χ0n) is 14.3. The summed E-state index contributed by atoms with van der Waals surface area (Å²) in [6.45, 7) is 3.86. The molecule has 1 aliphatic rings. The predicted octanol–water partition coefficient (Wildman–Crippen LogP) is -0.0203. The van der Waals surface area contributed by atoms with Gasteiger partial charge in [-0.3, -0.25) is 15.0 Å². The molecule has 2 N–H and O–H groups in total. The SMILES string of the molecule is CCNC(=O)NC(=O)CN1CCN(S(=O)(=O)Cc2ccccc2)CC1. The van der Waals surface area contributed by atoms with Gasteiger partial charge in [-0.15, -0.1) is 0 Å². The van der Waals surface area contributed by atoms with Crippen molar-refractivity contribution in [1.82, 2.24) is 19.8 Å². The lowest BCUT2D eigenvalue weighted by Gasteiger charge is -2.33. The number of piperazine rings is 1. The van der Waals surface area contributed by atoms with Gasteiger partial charge in [0.25, 0.3) is 0 Å². The number of carbonyl (C=O) groups is 2. The number of rotatable bonds is 6. The van der Waals surface area contributed by atoms with Crippen molar-refractivity contribution in [3.05, 3.63) is 35.9 Å². The van der Waals surface area contributed by atoms with E-state index in [-0.39, 0.29) is 12.3 Å². The van der Waals surface area contributed by atoms with Gasteiger partial charge in [-0.25, -0.2) is 13.2 Å². The topological polar surface area (TPSA) is 98.8 Å². The Morgan fingerprint density at radius 1 is 1.08 bits per heavy atom. The first-order valence-electron chi connectivity index (χ1n) is 8.22. The van der Waals surface area contributed by atoms with E-state index in [1.165, 1.54) is 4.31 Å². The van der Waals surface area contributed by atoms with Crippen LogP contribution in [0.25, 0.3) is 0 Å². The molecule has 1 aromatic rings. The lowest BCUT2D eigenvalue weighted by atomic mass is 10.2. The quantitative estimate of drug-likeness (QED) is 0.735. The minimum absolute atomic E-state index is 0.0223. The molecule has 0 saturated carbocycles. The predicted molar refractivity (Wildman–Crippen MR) is 94.3 cm³/mol. The van der Waals surface area contributed by atoms with Crippen LogP contribution >= 0.6 is 0 Å². The zero-order chi connectivity index (χ0) is 18.3. The molecule has 1 fully saturated rings. The molecule has 0 unspecified atom stereocenters. The maximum absolute atomic E-state index is 12.5. The minimum atomic E-state index is -3.37. The first kappa shape index (κ1) is 19.4. The molecule has 0 radical (unpaired) electrons. The van der Waals surface area contributed by atoms with Gasteiger partial charge in [0.2, 0.25) is 15.9 Å². The molecule has 9 heteroatoms. The number of hydrogen-bond acceptors (Lipinski definition) is 5. The standard InChI is InChI=1S/C16H24N4O4S/c1-2-17-16(22)18-15(21)12-19-8-10-20(11-9-19)25(23,24)13-14-6-4-3-5-7-14/h3-7H,2,8-13H2,1H3,(H2,17,18,21,22). The maximum atomic E-state index is 12.5. The van der Waals surface area contributed by atoms with Crippen molar-refractivity contribution in [2.75, 3.05) is 39.3 Å². The van der Waals surface area contributed by atoms with E-state index in [2.05, 4.69) is 10.6 Å². The second kappa shape index (κ2) is 8.93. The number of hydrogen-bond donors (Lipinski definition) is 2. The van der Waals surface area contributed by atoms with E-state index >= 15 is 0 Å². The van der Waals surface area contributed by atoms with Crippen molar-refractivity contribution in [3.63, 3.8) is 0 Å². The third-order valence-electron chi connectivity index (χ3n) is 3.87. The van der Waals surface area contributed by atoms with Gasteiger partial charge in [0.1, 0.15) is 0 Å². The van der Waals surface area contributed by atoms with E-state index in [0.717, 1.165) is 5.56 Å². The highest BCUT2D eigenvalue weighted by atomic mass is 32.2. The summed E-state index contributed by atoms with van der Waals surface area (Å²) < 4.78 is 26.4. The van der Waals surface area contributed by atoms with Crippen molar-refractivity contribution in [2.45, 2.75) is 12.7 Å². The molecule has 2 rings (SSSR count). The monoisotopic (exact) mass is 368 g/mol. The van der Waals surface area contributed by atoms with Crippen LogP contribution in [-0.2, 0) is 20.6 Å². The van der Waals surface area contributed by atoms with Gasteiger partial charge in [-0.2, -0.15) is 4.31 Å². The van der Waals surface area contributed by atoms with Crippen molar-refractivity contribution in [3.8, 4) is 0 Å². The normalized spacial score (nSPS) is 16.4. The molecule has 3 amide bonds. The van der Waals surface area contributed by atoms with Crippen LogP contribution in [-0.4, -0.2) is 68.8 Å². The van der Waals surface area contributed by atoms with Gasteiger partial charge in [-0.1, -0.05) is 30.3 Å². The van der Waals surface area contributed by atoms with E-state index in [1.54, 1.807) is 19.1 Å². The number of carbonyl (C=O) groups excluding carboxylic acids is 2. The fraction of sp³-hybridized carbons (Fsp3) is 0.500. The lowest BCUT2D eigenvalue weighted by molar-refractivity contribution is -0.121. The van der Waals surface area contributed by atoms with Gasteiger partial charge in [0.15, 0.2) is 0 Å². The number of sulfonamides is 1. The third kappa shape index (κ3) is 6.11. The van der Waals surface area contributed by atoms with Gasteiger partial charge in [0, 0.05) is 32.7 Å². The largest absolute Gasteiger partial charge is 0.338 e. The molecule has 25 heavy (non-hydrogen) atoms. The minimum Gasteiger partial charge on any atom is -0.338 e. The molecule has 0 bridgehead atoms. The summed E-state index contributed by atoms with van der Waals surface area (Å²) in [6, 6.07) is 8.54. The molecule has 1 saturated heterocycles. The smallest absolute Gasteiger partial charge is 0.321 e. The fourth-order valence-electron chi connectivity index (χ4n) is 2.62. The summed E-state index contributed by atoms with van der Waals surface area (Å²) in [5.41, 5.74) is 0.756. The van der Waals surface area contributed by atoms with Crippen LogP contribution in [0.15, 0.2) is 30.3 Å². The summed E-state index contributed by atoms with van der Waals surface area (Å²) >= 11 is 0. The molecule has 1 heterocycles. The molecular weight excluding hydrogens is 344 g/mol. The molecule has 0 aromatic heterocycles. The number of nitrogens with one attached hydrogen (secondary N) is 2. The first-order chi connectivity index (χ1) is 11.9. The molecular formula is C16H24N4O4S. The second-order valence-corrected chi connectivity index (χ2v) is 7.79. The Morgan fingerprint density at radius 3 is 2.32 bits per heavy atom. The number of nitrogens with zero attached hydrogens (tertiary/aromatic N) is 2. The third-order valence-corrected chi connectivity index (χ3v) is 5.72. The molecule has 1 aromatic carbocycles. The van der Waals surface area contributed by atoms with E-state index in [1.807, 2.05) is 23.1 Å². The lowest BCUT2D eigenvalue weighted by Crippen LogP contribution is -2.52. The van der Waals surface area contributed by atoms with Crippen LogP contribution in [0.4, 0.5) is 4.79 Å². The van der Waals surface area contributed by atoms with E-state index < -0.39 is 22.0 Å². The fourth-order valence-corrected chi connectivity index (χ4v) is 4.13. The first-order valence-corrected chi connectivity index (χ1v) is 9.83. The highest BCUT2D eigenvalue weighted by Gasteiger charge is 2.27. The van der Waals surface area contributed by atoms with Crippen molar-refractivity contribution < 1.29 is 18.0 Å². The zero-order valence-corrected chi connectivity index (χ0v) is 15.1. The number of imide groups is 1. The molecule has 0 atom stereocenters. The molecule has 0 spiro atoms. The highest BCUT2D eigenvalue weighted by Crippen LogP contribution is 2.13. The van der Waals surface area contributed by atoms with Crippen LogP contribution < -0.4 is 10.6 Å². The van der Waals surface area contributed by atoms with Crippen LogP contribution in [0, 0.1) is 0 Å². The van der Waals surface area contributed by atoms with Crippen LogP contribution in [0.2, 0.25) is 0 Å². The number of urea groups is 1. The average Bonchev–Trinajstić information content (AvgIpc) is 2.56. The Balaban J connectivity index is 1.80. The van der Waals surface area contributed by atoms with Crippen molar-refractivity contribution in [2.24, 2.45) is 0 Å². The maximum Gasteiger partial charge on any atom is 0.321 e. The van der Waals surface area contributed by atoms with Crippen molar-refractivity contribution >= 4 is 22.0 Å². The Kier molecular flexibility index (Phi) is 6.91. The molecule has 1 aliphatic heterocycles. The summed E-state index contributed by atoms with van der Waals surface area (Å²) in [6.07, 6.45) is 0. The Morgan fingerprint density at radius 2 is 1.72 bits per heavy atom. The van der Waals surface area contributed by atoms with E-state index in [0.29, 0.717) is 32.7 Å². The van der Waals surface area contributed by atoms with Crippen LogP contribution in [0.3, 0.4) is 0 Å². The summed E-state index contributed by atoms with van der Waals surface area (Å²) in [4.78, 5) is 24.9. The Bertz CT molecular complexity index is 685. The van der Waals surface area contributed by atoms with Gasteiger partial charge < -0.3 is 5.32 Å². The van der Waals surface area contributed by atoms with Crippen molar-refractivity contribution in [1.29, 1.82) is 0 Å². The van der Waals surface area contributed by atoms with Crippen LogP contribution in [0.1, 0.15) is 12.5 Å². The summed E-state index contributed by atoms with van der Waals surface area (Å²) in [5.74, 6) is -0.419. The second-order valence-electron chi connectivity index (χ2n) is 5.82. The Labute approximate surface area is 148 Å². The van der Waals surface area contributed by atoms with Gasteiger partial charge in [0.05, 0.1) is 12.3 Å². The highest BCUT2D eigenvalue weighted by molar-refractivity contribution is 7.88. The number of amides is 3. The van der Waals surface area contributed by atoms with Crippen LogP contribution in [0.5, 0.6) is 0 Å². The average molecular weight is 368 g/mol. The number of benzene rings is 1. The summed E-state index contributed by atoms with van der Waals surface area (Å²) in [5, 5.41) is 4.73. The molecule has 8 nitrogen and oxygen atoms in total. The summed E-state index contributed by atoms with van der Waals surface area (Å²) in [7, 11) is -3.37. The van der Waals surface area contributed by atoms with Gasteiger partial charge >= 0.3 is 6.03 Å². The van der Waals surface area contributed by atoms with Gasteiger partial charge in [-0.05, 0) is 12.5 Å².